The Labute approximate surface area is 166 Å². The highest BCUT2D eigenvalue weighted by atomic mass is 32.2. The zero-order valence-electron chi connectivity index (χ0n) is 15.6. The third-order valence-corrected chi connectivity index (χ3v) is 5.88. The van der Waals surface area contributed by atoms with E-state index in [1.54, 1.807) is 12.1 Å². The molecule has 4 nitrogen and oxygen atoms in total. The van der Waals surface area contributed by atoms with E-state index in [9.17, 15) is 14.0 Å². The van der Waals surface area contributed by atoms with Gasteiger partial charge in [-0.1, -0.05) is 37.3 Å². The van der Waals surface area contributed by atoms with Crippen molar-refractivity contribution in [3.05, 3.63) is 71.0 Å². The maximum Gasteiger partial charge on any atom is 0.298 e. The molecule has 6 heteroatoms. The molecule has 1 atom stereocenters. The van der Waals surface area contributed by atoms with E-state index in [1.165, 1.54) is 18.2 Å². The number of thioether (sulfide) groups is 1. The van der Waals surface area contributed by atoms with Gasteiger partial charge in [-0.3, -0.25) is 9.59 Å². The first-order valence-corrected chi connectivity index (χ1v) is 9.95. The lowest BCUT2D eigenvalue weighted by Crippen LogP contribution is -2.28. The number of nitrogens with zero attached hydrogens (tertiary/aromatic N) is 2. The Balaban J connectivity index is 1.77. The van der Waals surface area contributed by atoms with Crippen molar-refractivity contribution in [2.45, 2.75) is 26.3 Å². The highest BCUT2D eigenvalue weighted by Gasteiger charge is 2.37. The zero-order chi connectivity index (χ0) is 19.8. The molecule has 2 aromatic carbocycles. The second-order valence-electron chi connectivity index (χ2n) is 6.73. The van der Waals surface area contributed by atoms with Crippen LogP contribution in [0.2, 0.25) is 0 Å². The van der Waals surface area contributed by atoms with Crippen molar-refractivity contribution in [3.8, 4) is 0 Å². The number of rotatable bonds is 4. The number of carbonyl (C=O) groups excluding carboxylic acids is 2. The number of aromatic nitrogens is 1. The lowest BCUT2D eigenvalue weighted by atomic mass is 10.1. The van der Waals surface area contributed by atoms with Gasteiger partial charge in [0.1, 0.15) is 5.82 Å². The minimum atomic E-state index is -0.598. The molecule has 1 unspecified atom stereocenters. The van der Waals surface area contributed by atoms with Crippen LogP contribution in [0, 0.1) is 5.82 Å². The van der Waals surface area contributed by atoms with Crippen LogP contribution in [0.1, 0.15) is 31.9 Å². The number of imide groups is 1. The summed E-state index contributed by atoms with van der Waals surface area (Å²) < 4.78 is 16.3. The van der Waals surface area contributed by atoms with Crippen LogP contribution in [0.5, 0.6) is 0 Å². The highest BCUT2D eigenvalue weighted by molar-refractivity contribution is 8.19. The van der Waals surface area contributed by atoms with Gasteiger partial charge in [0.2, 0.25) is 0 Å². The summed E-state index contributed by atoms with van der Waals surface area (Å²) in [6.45, 7) is 4.27. The van der Waals surface area contributed by atoms with Crippen LogP contribution in [0.4, 0.5) is 14.9 Å². The van der Waals surface area contributed by atoms with Crippen LogP contribution in [-0.2, 0) is 4.79 Å². The topological polar surface area (TPSA) is 42.3 Å². The van der Waals surface area contributed by atoms with E-state index in [0.29, 0.717) is 10.9 Å². The van der Waals surface area contributed by atoms with E-state index in [0.717, 1.165) is 39.5 Å². The molecule has 2 amide bonds. The van der Waals surface area contributed by atoms with Gasteiger partial charge in [-0.15, -0.1) is 0 Å². The van der Waals surface area contributed by atoms with E-state index >= 15 is 0 Å². The standard InChI is InChI=1S/C22H19FN2O2S/c1-3-14(2)24-13-15(16-8-4-6-10-18(16)24)12-20-21(26)25(22(27)28-20)19-11-7-5-9-17(19)23/h4-14H,3H2,1-2H3. The van der Waals surface area contributed by atoms with Gasteiger partial charge in [-0.25, -0.2) is 9.29 Å². The van der Waals surface area contributed by atoms with Gasteiger partial charge in [0.05, 0.1) is 10.6 Å². The predicted molar refractivity (Wildman–Crippen MR) is 112 cm³/mol. The molecule has 0 spiro atoms. The molecule has 0 N–H and O–H groups in total. The molecule has 3 aromatic rings. The van der Waals surface area contributed by atoms with Gasteiger partial charge >= 0.3 is 0 Å². The highest BCUT2D eigenvalue weighted by Crippen LogP contribution is 2.38. The molecule has 4 rings (SSSR count). The summed E-state index contributed by atoms with van der Waals surface area (Å²) in [4.78, 5) is 26.5. The fourth-order valence-corrected chi connectivity index (χ4v) is 4.18. The first kappa shape index (κ1) is 18.5. The largest absolute Gasteiger partial charge is 0.344 e. The van der Waals surface area contributed by atoms with Crippen molar-refractivity contribution in [1.29, 1.82) is 0 Å². The van der Waals surface area contributed by atoms with Crippen molar-refractivity contribution >= 4 is 45.6 Å². The molecule has 1 aliphatic rings. The van der Waals surface area contributed by atoms with Crippen molar-refractivity contribution in [1.82, 2.24) is 4.57 Å². The number of benzene rings is 2. The van der Waals surface area contributed by atoms with Gasteiger partial charge < -0.3 is 4.57 Å². The number of hydrogen-bond acceptors (Lipinski definition) is 3. The molecule has 0 saturated carbocycles. The Kier molecular flexibility index (Phi) is 4.81. The molecule has 1 aromatic heterocycles. The van der Waals surface area contributed by atoms with Gasteiger partial charge in [-0.2, -0.15) is 0 Å². The van der Waals surface area contributed by atoms with Crippen LogP contribution < -0.4 is 4.90 Å². The maximum absolute atomic E-state index is 14.1. The first-order valence-electron chi connectivity index (χ1n) is 9.13. The zero-order valence-corrected chi connectivity index (χ0v) is 16.4. The fourth-order valence-electron chi connectivity index (χ4n) is 3.36. The molecule has 0 bridgehead atoms. The Bertz CT molecular complexity index is 1120. The number of amides is 2. The third kappa shape index (κ3) is 3.03. The molecule has 28 heavy (non-hydrogen) atoms. The van der Waals surface area contributed by atoms with Crippen molar-refractivity contribution in [3.63, 3.8) is 0 Å². The van der Waals surface area contributed by atoms with Gasteiger partial charge in [0.25, 0.3) is 11.1 Å². The summed E-state index contributed by atoms with van der Waals surface area (Å²) in [5, 5.41) is 0.521. The Hall–Kier alpha value is -2.86. The Morgan fingerprint density at radius 1 is 1.11 bits per heavy atom. The van der Waals surface area contributed by atoms with Crippen molar-refractivity contribution < 1.29 is 14.0 Å². The Morgan fingerprint density at radius 2 is 1.82 bits per heavy atom. The molecule has 1 aliphatic heterocycles. The molecular weight excluding hydrogens is 375 g/mol. The molecule has 1 saturated heterocycles. The second-order valence-corrected chi connectivity index (χ2v) is 7.73. The minimum Gasteiger partial charge on any atom is -0.344 e. The molecule has 0 aliphatic carbocycles. The normalized spacial score (nSPS) is 17.1. The second kappa shape index (κ2) is 7.28. The van der Waals surface area contributed by atoms with Gasteiger partial charge in [0, 0.05) is 28.7 Å². The summed E-state index contributed by atoms with van der Waals surface area (Å²) in [5.74, 6) is -1.10. The number of carbonyl (C=O) groups is 2. The van der Waals surface area contributed by atoms with E-state index in [2.05, 4.69) is 18.4 Å². The monoisotopic (exact) mass is 394 g/mol. The number of halogens is 1. The number of hydrogen-bond donors (Lipinski definition) is 0. The molecule has 1 fully saturated rings. The predicted octanol–water partition coefficient (Wildman–Crippen LogP) is 5.99. The Morgan fingerprint density at radius 3 is 2.57 bits per heavy atom. The van der Waals surface area contributed by atoms with Crippen LogP contribution >= 0.6 is 11.8 Å². The number of fused-ring (bicyclic) bond motifs is 1. The fraction of sp³-hybridized carbons (Fsp3) is 0.182. The van der Waals surface area contributed by atoms with Gasteiger partial charge in [0.15, 0.2) is 0 Å². The average Bonchev–Trinajstić information content (AvgIpc) is 3.20. The van der Waals surface area contributed by atoms with E-state index in [4.69, 9.17) is 0 Å². The average molecular weight is 394 g/mol. The van der Waals surface area contributed by atoms with Crippen LogP contribution in [-0.4, -0.2) is 15.7 Å². The van der Waals surface area contributed by atoms with Gasteiger partial charge in [-0.05, 0) is 49.4 Å². The van der Waals surface area contributed by atoms with Crippen LogP contribution in [0.25, 0.3) is 17.0 Å². The van der Waals surface area contributed by atoms with E-state index in [-0.39, 0.29) is 5.69 Å². The number of anilines is 1. The van der Waals surface area contributed by atoms with E-state index in [1.807, 2.05) is 30.5 Å². The lowest BCUT2D eigenvalue weighted by Gasteiger charge is -2.12. The SMILES string of the molecule is CCC(C)n1cc(C=C2SC(=O)N(c3ccccc3F)C2=O)c2ccccc21. The smallest absolute Gasteiger partial charge is 0.298 e. The van der Waals surface area contributed by atoms with Crippen LogP contribution in [0.15, 0.2) is 59.6 Å². The molecule has 142 valence electrons. The first-order chi connectivity index (χ1) is 13.5. The molecule has 0 radical (unpaired) electrons. The van der Waals surface area contributed by atoms with E-state index < -0.39 is 17.0 Å². The lowest BCUT2D eigenvalue weighted by molar-refractivity contribution is -0.113. The summed E-state index contributed by atoms with van der Waals surface area (Å²) in [6.07, 6.45) is 4.71. The maximum atomic E-state index is 14.1. The summed E-state index contributed by atoms with van der Waals surface area (Å²) >= 11 is 0.835. The quantitative estimate of drug-likeness (QED) is 0.510. The summed E-state index contributed by atoms with van der Waals surface area (Å²) in [7, 11) is 0. The van der Waals surface area contributed by atoms with Crippen LogP contribution in [0.3, 0.4) is 0 Å². The van der Waals surface area contributed by atoms with Crippen molar-refractivity contribution in [2.75, 3.05) is 4.90 Å². The third-order valence-electron chi connectivity index (χ3n) is 5.01. The molecule has 2 heterocycles. The van der Waals surface area contributed by atoms with Crippen molar-refractivity contribution in [2.24, 2.45) is 0 Å². The number of para-hydroxylation sites is 2. The summed E-state index contributed by atoms with van der Waals surface area (Å²) in [5.41, 5.74) is 1.93. The minimum absolute atomic E-state index is 0.0181. The summed E-state index contributed by atoms with van der Waals surface area (Å²) in [6, 6.07) is 14.1. The molecular formula is C22H19FN2O2S.